The molecule has 0 fully saturated rings. The fourth-order valence-corrected chi connectivity index (χ4v) is 2.93. The first-order valence-electron chi connectivity index (χ1n) is 8.29. The van der Waals surface area contributed by atoms with Crippen molar-refractivity contribution in [3.8, 4) is 0 Å². The maximum atomic E-state index is 12.9. The van der Waals surface area contributed by atoms with E-state index in [0.29, 0.717) is 34.5 Å². The van der Waals surface area contributed by atoms with Crippen LogP contribution in [0.3, 0.4) is 0 Å². The number of rotatable bonds is 7. The summed E-state index contributed by atoms with van der Waals surface area (Å²) in [7, 11) is 0. The third kappa shape index (κ3) is 4.33. The second-order valence-corrected chi connectivity index (χ2v) is 6.06. The van der Waals surface area contributed by atoms with Gasteiger partial charge < -0.3 is 15.4 Å². The molecule has 0 bridgehead atoms. The highest BCUT2D eigenvalue weighted by molar-refractivity contribution is 6.02. The summed E-state index contributed by atoms with van der Waals surface area (Å²) in [6.45, 7) is 5.21. The van der Waals surface area contributed by atoms with Gasteiger partial charge in [0.05, 0.1) is 6.10 Å². The summed E-state index contributed by atoms with van der Waals surface area (Å²) in [5.41, 5.74) is 2.81. The SMILES string of the molecule is CCCc1c(C(=O)NCC(O)c2ccc(F)cc2)[nH]c(C)c1C(C)=O. The van der Waals surface area contributed by atoms with Crippen LogP contribution in [0.5, 0.6) is 0 Å². The van der Waals surface area contributed by atoms with Crippen molar-refractivity contribution in [2.45, 2.75) is 39.7 Å². The molecule has 0 spiro atoms. The molecule has 0 saturated carbocycles. The Bertz CT molecular complexity index is 766. The van der Waals surface area contributed by atoms with Gasteiger partial charge in [-0.25, -0.2) is 4.39 Å². The average Bonchev–Trinajstić information content (AvgIpc) is 2.90. The van der Waals surface area contributed by atoms with Crippen molar-refractivity contribution < 1.29 is 19.1 Å². The summed E-state index contributed by atoms with van der Waals surface area (Å²) in [4.78, 5) is 27.3. The van der Waals surface area contributed by atoms with E-state index in [1.54, 1.807) is 6.92 Å². The number of carbonyl (C=O) groups is 2. The van der Waals surface area contributed by atoms with Crippen LogP contribution in [-0.4, -0.2) is 28.3 Å². The molecule has 0 aliphatic heterocycles. The fourth-order valence-electron chi connectivity index (χ4n) is 2.93. The number of amides is 1. The Hall–Kier alpha value is -2.47. The molecule has 1 aromatic carbocycles. The van der Waals surface area contributed by atoms with E-state index in [0.717, 1.165) is 6.42 Å². The number of nitrogens with one attached hydrogen (secondary N) is 2. The van der Waals surface area contributed by atoms with Crippen molar-refractivity contribution in [3.05, 3.63) is 58.2 Å². The van der Waals surface area contributed by atoms with Crippen molar-refractivity contribution in [1.82, 2.24) is 10.3 Å². The van der Waals surface area contributed by atoms with Gasteiger partial charge >= 0.3 is 0 Å². The molecule has 1 amide bonds. The number of halogens is 1. The van der Waals surface area contributed by atoms with Crippen molar-refractivity contribution in [2.75, 3.05) is 6.54 Å². The zero-order chi connectivity index (χ0) is 18.6. The predicted octanol–water partition coefficient (Wildman–Crippen LogP) is 3.08. The van der Waals surface area contributed by atoms with Gasteiger partial charge in [0.2, 0.25) is 0 Å². The minimum Gasteiger partial charge on any atom is -0.387 e. The number of carbonyl (C=O) groups excluding carboxylic acids is 2. The Labute approximate surface area is 146 Å². The highest BCUT2D eigenvalue weighted by Crippen LogP contribution is 2.21. The van der Waals surface area contributed by atoms with Crippen LogP contribution < -0.4 is 5.32 Å². The fraction of sp³-hybridized carbons (Fsp3) is 0.368. The smallest absolute Gasteiger partial charge is 0.268 e. The lowest BCUT2D eigenvalue weighted by Crippen LogP contribution is -2.29. The minimum absolute atomic E-state index is 0.0104. The summed E-state index contributed by atoms with van der Waals surface area (Å²) in [5, 5.41) is 12.8. The number of aliphatic hydroxyl groups excluding tert-OH is 1. The minimum atomic E-state index is -0.942. The largest absolute Gasteiger partial charge is 0.387 e. The zero-order valence-corrected chi connectivity index (χ0v) is 14.6. The number of aryl methyl sites for hydroxylation is 1. The Balaban J connectivity index is 2.14. The number of aromatic amines is 1. The van der Waals surface area contributed by atoms with Gasteiger partial charge in [0.25, 0.3) is 5.91 Å². The van der Waals surface area contributed by atoms with Gasteiger partial charge in [0.1, 0.15) is 11.5 Å². The lowest BCUT2D eigenvalue weighted by molar-refractivity contribution is 0.0910. The molecule has 3 N–H and O–H groups in total. The van der Waals surface area contributed by atoms with E-state index in [1.165, 1.54) is 31.2 Å². The van der Waals surface area contributed by atoms with E-state index < -0.39 is 6.10 Å². The number of hydrogen-bond donors (Lipinski definition) is 3. The topological polar surface area (TPSA) is 82.2 Å². The van der Waals surface area contributed by atoms with Crippen LogP contribution in [0.1, 0.15) is 64.0 Å². The highest BCUT2D eigenvalue weighted by atomic mass is 19.1. The molecule has 2 rings (SSSR count). The monoisotopic (exact) mass is 346 g/mol. The summed E-state index contributed by atoms with van der Waals surface area (Å²) in [6, 6.07) is 5.46. The number of aromatic nitrogens is 1. The second kappa shape index (κ2) is 8.07. The van der Waals surface area contributed by atoms with Gasteiger partial charge in [-0.1, -0.05) is 25.5 Å². The first-order valence-corrected chi connectivity index (χ1v) is 8.29. The molecular weight excluding hydrogens is 323 g/mol. The maximum absolute atomic E-state index is 12.9. The van der Waals surface area contributed by atoms with Gasteiger partial charge in [-0.15, -0.1) is 0 Å². The van der Waals surface area contributed by atoms with Crippen molar-refractivity contribution >= 4 is 11.7 Å². The normalized spacial score (nSPS) is 12.0. The van der Waals surface area contributed by atoms with Crippen LogP contribution >= 0.6 is 0 Å². The Morgan fingerprint density at radius 3 is 2.48 bits per heavy atom. The first-order chi connectivity index (χ1) is 11.8. The van der Waals surface area contributed by atoms with Gasteiger partial charge in [-0.05, 0) is 43.5 Å². The van der Waals surface area contributed by atoms with E-state index in [2.05, 4.69) is 10.3 Å². The molecule has 1 aromatic heterocycles. The summed E-state index contributed by atoms with van der Waals surface area (Å²) in [6.07, 6.45) is 0.473. The Morgan fingerprint density at radius 2 is 1.92 bits per heavy atom. The van der Waals surface area contributed by atoms with Crippen molar-refractivity contribution in [1.29, 1.82) is 0 Å². The molecule has 134 valence electrons. The number of aliphatic hydroxyl groups is 1. The predicted molar refractivity (Wildman–Crippen MR) is 93.2 cm³/mol. The molecule has 25 heavy (non-hydrogen) atoms. The standard InChI is InChI=1S/C19H23FN2O3/c1-4-5-15-17(12(3)23)11(2)22-18(15)19(25)21-10-16(24)13-6-8-14(20)9-7-13/h6-9,16,22,24H,4-5,10H2,1-3H3,(H,21,25). The van der Waals surface area contributed by atoms with Crippen molar-refractivity contribution in [2.24, 2.45) is 0 Å². The van der Waals surface area contributed by atoms with Crippen LogP contribution in [0.15, 0.2) is 24.3 Å². The van der Waals surface area contributed by atoms with E-state index in [4.69, 9.17) is 0 Å². The van der Waals surface area contributed by atoms with Gasteiger partial charge in [0.15, 0.2) is 5.78 Å². The lowest BCUT2D eigenvalue weighted by atomic mass is 10.0. The molecule has 1 heterocycles. The van der Waals surface area contributed by atoms with E-state index in [1.807, 2.05) is 6.92 Å². The van der Waals surface area contributed by atoms with Crippen LogP contribution in [0, 0.1) is 12.7 Å². The molecule has 2 aromatic rings. The van der Waals surface area contributed by atoms with E-state index >= 15 is 0 Å². The van der Waals surface area contributed by atoms with E-state index in [-0.39, 0.29) is 24.1 Å². The number of ketones is 1. The second-order valence-electron chi connectivity index (χ2n) is 6.06. The summed E-state index contributed by atoms with van der Waals surface area (Å²) < 4.78 is 12.9. The first kappa shape index (κ1) is 18.9. The molecule has 0 aliphatic rings. The molecule has 0 saturated heterocycles. The number of Topliss-reactive ketones (excluding diaryl/α,β-unsaturated/α-hetero) is 1. The van der Waals surface area contributed by atoms with Gasteiger partial charge in [-0.2, -0.15) is 0 Å². The quantitative estimate of drug-likeness (QED) is 0.674. The molecular formula is C19H23FN2O3. The van der Waals surface area contributed by atoms with Crippen LogP contribution in [0.4, 0.5) is 4.39 Å². The Kier molecular flexibility index (Phi) is 6.09. The highest BCUT2D eigenvalue weighted by Gasteiger charge is 2.22. The molecule has 6 heteroatoms. The third-order valence-corrected chi connectivity index (χ3v) is 4.08. The van der Waals surface area contributed by atoms with Crippen LogP contribution in [0.25, 0.3) is 0 Å². The van der Waals surface area contributed by atoms with E-state index in [9.17, 15) is 19.1 Å². The molecule has 0 aliphatic carbocycles. The molecule has 0 radical (unpaired) electrons. The zero-order valence-electron chi connectivity index (χ0n) is 14.6. The molecule has 5 nitrogen and oxygen atoms in total. The number of benzene rings is 1. The van der Waals surface area contributed by atoms with Gasteiger partial charge in [-0.3, -0.25) is 9.59 Å². The molecule has 1 unspecified atom stereocenters. The van der Waals surface area contributed by atoms with Crippen LogP contribution in [0.2, 0.25) is 0 Å². The van der Waals surface area contributed by atoms with Gasteiger partial charge in [0, 0.05) is 17.8 Å². The number of H-pyrrole nitrogens is 1. The van der Waals surface area contributed by atoms with Crippen LogP contribution in [-0.2, 0) is 6.42 Å². The Morgan fingerprint density at radius 1 is 1.28 bits per heavy atom. The lowest BCUT2D eigenvalue weighted by Gasteiger charge is -2.12. The molecule has 1 atom stereocenters. The summed E-state index contributed by atoms with van der Waals surface area (Å²) in [5.74, 6) is -0.842. The average molecular weight is 346 g/mol. The maximum Gasteiger partial charge on any atom is 0.268 e. The summed E-state index contributed by atoms with van der Waals surface area (Å²) >= 11 is 0. The number of hydrogen-bond acceptors (Lipinski definition) is 3. The van der Waals surface area contributed by atoms with Crippen molar-refractivity contribution in [3.63, 3.8) is 0 Å². The third-order valence-electron chi connectivity index (χ3n) is 4.08.